The molecule has 19 nitrogen and oxygen atoms in total. The van der Waals surface area contributed by atoms with Gasteiger partial charge >= 0.3 is 0 Å². The number of nitrogens with two attached hydrogens (primary N) is 2. The first-order valence-electron chi connectivity index (χ1n) is 26.2. The first kappa shape index (κ1) is 54.6. The smallest absolute Gasteiger partial charge is 0.251 e. The van der Waals surface area contributed by atoms with E-state index in [2.05, 4.69) is 37.1 Å². The molecule has 2 unspecified atom stereocenters. The van der Waals surface area contributed by atoms with Crippen molar-refractivity contribution >= 4 is 57.3 Å². The number of carbonyl (C=O) groups excluding carboxylic acids is 4. The van der Waals surface area contributed by atoms with Crippen LogP contribution in [0.25, 0.3) is 44.6 Å². The second-order valence-electron chi connectivity index (χ2n) is 20.1. The molecule has 0 radical (unpaired) electrons. The number of likely N-dealkylation sites (tertiary alicyclic amines) is 2. The fraction of sp³-hybridized carbons (Fsp3) is 0.288. The third-order valence-corrected chi connectivity index (χ3v) is 14.2. The van der Waals surface area contributed by atoms with E-state index in [1.165, 1.54) is 36.9 Å². The van der Waals surface area contributed by atoms with E-state index in [4.69, 9.17) is 21.7 Å². The Morgan fingerprint density at radius 1 is 0.671 bits per heavy atom. The third kappa shape index (κ3) is 12.5. The van der Waals surface area contributed by atoms with Gasteiger partial charge in [-0.3, -0.25) is 19.2 Å². The monoisotopic (exact) mass is 1070 g/mol. The number of piperidine rings is 2. The molecule has 8 aromatic rings. The summed E-state index contributed by atoms with van der Waals surface area (Å²) < 4.78 is 17.1. The molecule has 2 aliphatic heterocycles. The van der Waals surface area contributed by atoms with Gasteiger partial charge in [0.05, 0.1) is 22.9 Å². The van der Waals surface area contributed by atoms with Crippen LogP contribution in [0.15, 0.2) is 128 Å². The second-order valence-corrected chi connectivity index (χ2v) is 20.1. The minimum atomic E-state index is -0.373. The van der Waals surface area contributed by atoms with E-state index in [0.29, 0.717) is 108 Å². The lowest BCUT2D eigenvalue weighted by Crippen LogP contribution is -2.40. The van der Waals surface area contributed by atoms with Crippen LogP contribution in [0.1, 0.15) is 80.7 Å². The highest BCUT2D eigenvalue weighted by molar-refractivity contribution is 6.00. The number of rotatable bonds is 14. The van der Waals surface area contributed by atoms with Crippen LogP contribution < -0.4 is 22.1 Å². The summed E-state index contributed by atoms with van der Waals surface area (Å²) in [4.78, 5) is 73.3. The molecule has 2 aliphatic rings. The van der Waals surface area contributed by atoms with Gasteiger partial charge in [0.25, 0.3) is 11.8 Å². The highest BCUT2D eigenvalue weighted by Gasteiger charge is 2.30. The molecule has 20 heteroatoms. The summed E-state index contributed by atoms with van der Waals surface area (Å²) in [5.74, 6) is -0.141. The van der Waals surface area contributed by atoms with Crippen molar-refractivity contribution in [2.45, 2.75) is 64.7 Å². The molecule has 6 N–H and O–H groups in total. The Hall–Kier alpha value is -9.17. The van der Waals surface area contributed by atoms with Crippen LogP contribution in [0.2, 0.25) is 0 Å². The van der Waals surface area contributed by atoms with Crippen molar-refractivity contribution in [1.82, 2.24) is 64.8 Å². The molecule has 6 heterocycles. The molecule has 0 bridgehead atoms. The molecular formula is C59H64FN15O4. The van der Waals surface area contributed by atoms with Gasteiger partial charge < -0.3 is 36.8 Å². The van der Waals surface area contributed by atoms with Gasteiger partial charge in [0.15, 0.2) is 11.3 Å². The summed E-state index contributed by atoms with van der Waals surface area (Å²) in [6, 6.07) is 27.1. The highest BCUT2D eigenvalue weighted by Crippen LogP contribution is 2.36. The average molecular weight is 1070 g/mol. The molecule has 0 spiro atoms. The van der Waals surface area contributed by atoms with Crippen molar-refractivity contribution in [3.63, 3.8) is 0 Å². The number of benzene rings is 4. The van der Waals surface area contributed by atoms with Gasteiger partial charge in [-0.1, -0.05) is 79.4 Å². The van der Waals surface area contributed by atoms with E-state index < -0.39 is 0 Å². The van der Waals surface area contributed by atoms with Crippen LogP contribution in [0.5, 0.6) is 0 Å². The summed E-state index contributed by atoms with van der Waals surface area (Å²) in [7, 11) is 3.94. The molecule has 2 saturated heterocycles. The number of nitrogen functional groups attached to an aromatic ring is 2. The average Bonchev–Trinajstić information content (AvgIpc) is 4.30. The fourth-order valence-electron chi connectivity index (χ4n) is 10.0. The zero-order valence-corrected chi connectivity index (χ0v) is 44.8. The molecule has 4 amide bonds. The van der Waals surface area contributed by atoms with E-state index in [9.17, 15) is 23.6 Å². The maximum atomic E-state index is 13.4. The Balaban J connectivity index is 0.000000192. The molecule has 0 aliphatic carbocycles. The van der Waals surface area contributed by atoms with Crippen molar-refractivity contribution in [2.24, 2.45) is 0 Å². The molecule has 4 aromatic carbocycles. The maximum absolute atomic E-state index is 13.4. The zero-order valence-electron chi connectivity index (χ0n) is 44.8. The Bertz CT molecular complexity index is 3570. The molecular weight excluding hydrogens is 1000 g/mol. The first-order chi connectivity index (χ1) is 38.2. The van der Waals surface area contributed by atoms with E-state index in [-0.39, 0.29) is 41.5 Å². The number of likely N-dealkylation sites (N-methyl/N-ethyl adjacent to an activating group) is 1. The number of aromatic nitrogens is 8. The number of hydrogen-bond acceptors (Lipinski definition) is 13. The van der Waals surface area contributed by atoms with Crippen LogP contribution in [0.3, 0.4) is 0 Å². The fourth-order valence-corrected chi connectivity index (χ4v) is 10.0. The van der Waals surface area contributed by atoms with E-state index in [0.717, 1.165) is 53.5 Å². The van der Waals surface area contributed by atoms with Crippen LogP contribution in [0, 0.1) is 19.7 Å². The van der Waals surface area contributed by atoms with E-state index >= 15 is 0 Å². The van der Waals surface area contributed by atoms with Crippen molar-refractivity contribution in [2.75, 3.05) is 58.3 Å². The van der Waals surface area contributed by atoms with Crippen LogP contribution in [0.4, 0.5) is 16.0 Å². The number of aryl methyl sites for hydroxylation is 2. The number of hydrogen-bond donors (Lipinski definition) is 4. The van der Waals surface area contributed by atoms with Crippen molar-refractivity contribution in [1.29, 1.82) is 0 Å². The Morgan fingerprint density at radius 3 is 1.65 bits per heavy atom. The molecule has 2 fully saturated rings. The molecule has 10 rings (SSSR count). The van der Waals surface area contributed by atoms with Gasteiger partial charge in [0.2, 0.25) is 11.8 Å². The largest absolute Gasteiger partial charge is 0.383 e. The summed E-state index contributed by atoms with van der Waals surface area (Å²) in [5.41, 5.74) is 21.4. The Morgan fingerprint density at radius 2 is 1.16 bits per heavy atom. The molecule has 0 saturated carbocycles. The Labute approximate surface area is 457 Å². The first-order valence-corrected chi connectivity index (χ1v) is 26.2. The van der Waals surface area contributed by atoms with Gasteiger partial charge in [0, 0.05) is 74.1 Å². The number of halogens is 1. The number of nitrogens with zero attached hydrogens (tertiary/aromatic N) is 11. The lowest BCUT2D eigenvalue weighted by molar-refractivity contribution is -0.128. The van der Waals surface area contributed by atoms with Gasteiger partial charge in [-0.05, 0) is 106 Å². The number of nitrogens with one attached hydrogen (secondary N) is 2. The molecule has 2 atom stereocenters. The van der Waals surface area contributed by atoms with Crippen molar-refractivity contribution in [3.8, 4) is 22.5 Å². The Kier molecular flexibility index (Phi) is 16.9. The molecule has 79 heavy (non-hydrogen) atoms. The SMILES string of the molecule is C=CC(=O)N1CCCC(n2nc(-c3ccc(CNC(=O)c4ccc(F)cc4C)cc3)c3c(N)ncnc32)C1.Cc1ccccc1C(=O)NCc1ccc(-c2nn(C3CCCN(C(=O)/C=C/CN(C)C)C3)c3ncnc(N)c23)cc1. The summed E-state index contributed by atoms with van der Waals surface area (Å²) in [6.45, 7) is 11.1. The van der Waals surface area contributed by atoms with E-state index in [1.54, 1.807) is 17.9 Å². The van der Waals surface area contributed by atoms with Gasteiger partial charge in [-0.2, -0.15) is 10.2 Å². The molecule has 406 valence electrons. The lowest BCUT2D eigenvalue weighted by Gasteiger charge is -2.32. The van der Waals surface area contributed by atoms with E-state index in [1.807, 2.05) is 119 Å². The van der Waals surface area contributed by atoms with Crippen molar-refractivity contribution < 1.29 is 23.6 Å². The number of fused-ring (bicyclic) bond motifs is 2. The van der Waals surface area contributed by atoms with Gasteiger partial charge in [0.1, 0.15) is 41.5 Å². The van der Waals surface area contributed by atoms with Crippen LogP contribution in [-0.2, 0) is 22.7 Å². The van der Waals surface area contributed by atoms with Gasteiger partial charge in [-0.15, -0.1) is 0 Å². The zero-order chi connectivity index (χ0) is 55.7. The lowest BCUT2D eigenvalue weighted by atomic mass is 10.1. The number of carbonyl (C=O) groups is 4. The summed E-state index contributed by atoms with van der Waals surface area (Å²) >= 11 is 0. The topological polar surface area (TPSA) is 241 Å². The van der Waals surface area contributed by atoms with Gasteiger partial charge in [-0.25, -0.2) is 33.7 Å². The van der Waals surface area contributed by atoms with Crippen molar-refractivity contribution in [3.05, 3.63) is 168 Å². The number of anilines is 2. The maximum Gasteiger partial charge on any atom is 0.251 e. The minimum Gasteiger partial charge on any atom is -0.383 e. The van der Waals surface area contributed by atoms with Crippen LogP contribution in [-0.4, -0.2) is 125 Å². The number of amides is 4. The normalized spacial score (nSPS) is 15.5. The predicted octanol–water partition coefficient (Wildman–Crippen LogP) is 7.40. The predicted molar refractivity (Wildman–Crippen MR) is 303 cm³/mol. The quantitative estimate of drug-likeness (QED) is 0.0778. The highest BCUT2D eigenvalue weighted by atomic mass is 19.1. The standard InChI is InChI=1S/C31H36N8O2.C28H28FN7O2/c1-21-8-4-5-10-25(21)31(41)33-18-22-12-14-23(15-13-22)28-27-29(32)34-20-35-30(27)39(36-28)24-9-6-17-38(19-24)26(40)11-7-16-37(2)3;1-3-23(37)35-12-4-5-21(15-35)36-27-24(26(30)32-16-33-27)25(34-36)19-8-6-18(7-9-19)14-31-28(38)22-11-10-20(29)13-17(22)2/h4-5,7-8,10-15,20,24H,6,9,16-19H2,1-3H3,(H,33,41)(H2,32,34,35);3,6-11,13,16,21H,1,4-5,12,14-15H2,2H3,(H,31,38)(H2,30,32,33)/b11-7+;. The van der Waals surface area contributed by atoms with Crippen LogP contribution >= 0.6 is 0 Å². The third-order valence-electron chi connectivity index (χ3n) is 14.2. The molecule has 4 aromatic heterocycles. The second kappa shape index (κ2) is 24.4. The summed E-state index contributed by atoms with van der Waals surface area (Å²) in [6.07, 6.45) is 11.2. The summed E-state index contributed by atoms with van der Waals surface area (Å²) in [5, 5.41) is 17.1. The minimum absolute atomic E-state index is 0.00693.